The van der Waals surface area contributed by atoms with Gasteiger partial charge in [-0.25, -0.2) is 21.2 Å². The molecule has 2 saturated heterocycles. The number of rotatable bonds is 5. The molecule has 1 aromatic rings. The first kappa shape index (κ1) is 20.2. The third-order valence-corrected chi connectivity index (χ3v) is 8.39. The summed E-state index contributed by atoms with van der Waals surface area (Å²) in [5, 5.41) is 2.72. The normalized spacial score (nSPS) is 24.0. The summed E-state index contributed by atoms with van der Waals surface area (Å²) in [6.45, 7) is 1.22. The summed E-state index contributed by atoms with van der Waals surface area (Å²) in [5.41, 5.74) is 0. The van der Waals surface area contributed by atoms with E-state index in [-0.39, 0.29) is 48.0 Å². The number of carbonyl (C=O) groups is 1. The van der Waals surface area contributed by atoms with Gasteiger partial charge in [0, 0.05) is 32.2 Å². The molecule has 1 atom stereocenters. The fraction of sp³-hybridized carbons (Fsp3) is 0.562. The first-order valence-corrected chi connectivity index (χ1v) is 11.9. The summed E-state index contributed by atoms with van der Waals surface area (Å²) >= 11 is 0. The molecule has 1 N–H and O–H groups in total. The van der Waals surface area contributed by atoms with Gasteiger partial charge in [0.05, 0.1) is 22.9 Å². The molecule has 27 heavy (non-hydrogen) atoms. The Kier molecular flexibility index (Phi) is 5.84. The summed E-state index contributed by atoms with van der Waals surface area (Å²) in [6.07, 6.45) is 0.424. The Morgan fingerprint density at radius 2 is 1.93 bits per heavy atom. The third-order valence-electron chi connectivity index (χ3n) is 4.73. The second-order valence-corrected chi connectivity index (χ2v) is 11.0. The van der Waals surface area contributed by atoms with Crippen LogP contribution in [0.25, 0.3) is 0 Å². The zero-order valence-electron chi connectivity index (χ0n) is 14.7. The molecule has 0 radical (unpaired) electrons. The lowest BCUT2D eigenvalue weighted by Gasteiger charge is -2.33. The maximum Gasteiger partial charge on any atom is 0.243 e. The predicted octanol–water partition coefficient (Wildman–Crippen LogP) is -0.565. The third kappa shape index (κ3) is 5.03. The Balaban J connectivity index is 1.51. The smallest absolute Gasteiger partial charge is 0.243 e. The summed E-state index contributed by atoms with van der Waals surface area (Å²) in [7, 11) is -6.82. The number of amides is 1. The monoisotopic (exact) mass is 419 g/mol. The molecule has 0 spiro atoms. The first-order valence-electron chi connectivity index (χ1n) is 8.64. The minimum Gasteiger partial charge on any atom is -0.351 e. The number of nitrogens with one attached hydrogen (secondary N) is 1. The fourth-order valence-corrected chi connectivity index (χ4v) is 6.42. The Hall–Kier alpha value is -1.56. The summed E-state index contributed by atoms with van der Waals surface area (Å²) in [5.74, 6) is -0.814. The van der Waals surface area contributed by atoms with Crippen LogP contribution in [0.2, 0.25) is 0 Å². The molecule has 11 heteroatoms. The SMILES string of the molecule is O=C(CN1CCN(S(=O)(=O)c2cccc(F)c2)CC1)N[C@@H]1CCS(=O)(=O)C1. The van der Waals surface area contributed by atoms with Crippen molar-refractivity contribution < 1.29 is 26.0 Å². The molecular weight excluding hydrogens is 397 g/mol. The Labute approximate surface area is 158 Å². The number of carbonyl (C=O) groups excluding carboxylic acids is 1. The van der Waals surface area contributed by atoms with Crippen LogP contribution in [0.1, 0.15) is 6.42 Å². The molecule has 0 aliphatic carbocycles. The van der Waals surface area contributed by atoms with Gasteiger partial charge in [0.25, 0.3) is 0 Å². The van der Waals surface area contributed by atoms with Gasteiger partial charge in [-0.1, -0.05) is 6.07 Å². The van der Waals surface area contributed by atoms with E-state index in [4.69, 9.17) is 0 Å². The van der Waals surface area contributed by atoms with Crippen molar-refractivity contribution >= 4 is 25.8 Å². The average Bonchev–Trinajstić information content (AvgIpc) is 2.93. The van der Waals surface area contributed by atoms with Gasteiger partial charge < -0.3 is 5.32 Å². The highest BCUT2D eigenvalue weighted by molar-refractivity contribution is 7.91. The van der Waals surface area contributed by atoms with Crippen molar-refractivity contribution in [2.45, 2.75) is 17.4 Å². The molecule has 2 aliphatic heterocycles. The number of benzene rings is 1. The molecule has 0 aromatic heterocycles. The molecule has 8 nitrogen and oxygen atoms in total. The Morgan fingerprint density at radius 3 is 2.52 bits per heavy atom. The topological polar surface area (TPSA) is 104 Å². The molecule has 1 aromatic carbocycles. The highest BCUT2D eigenvalue weighted by Crippen LogP contribution is 2.18. The molecule has 150 valence electrons. The lowest BCUT2D eigenvalue weighted by atomic mass is 10.2. The second-order valence-electron chi connectivity index (χ2n) is 6.81. The molecule has 0 bridgehead atoms. The number of hydrogen-bond donors (Lipinski definition) is 1. The maximum absolute atomic E-state index is 13.3. The van der Waals surface area contributed by atoms with Gasteiger partial charge >= 0.3 is 0 Å². The van der Waals surface area contributed by atoms with Crippen LogP contribution in [0.3, 0.4) is 0 Å². The van der Waals surface area contributed by atoms with Crippen LogP contribution in [-0.2, 0) is 24.7 Å². The molecule has 0 saturated carbocycles. The van der Waals surface area contributed by atoms with E-state index in [1.807, 2.05) is 4.90 Å². The number of sulfonamides is 1. The van der Waals surface area contributed by atoms with Crippen molar-refractivity contribution in [1.82, 2.24) is 14.5 Å². The van der Waals surface area contributed by atoms with Crippen molar-refractivity contribution in [3.05, 3.63) is 30.1 Å². The average molecular weight is 420 g/mol. The number of nitrogens with zero attached hydrogens (tertiary/aromatic N) is 2. The van der Waals surface area contributed by atoms with E-state index in [9.17, 15) is 26.0 Å². The van der Waals surface area contributed by atoms with E-state index in [2.05, 4.69) is 5.32 Å². The molecular formula is C16H22FN3O5S2. The molecule has 2 aliphatic rings. The molecule has 1 amide bonds. The van der Waals surface area contributed by atoms with Crippen LogP contribution in [0.5, 0.6) is 0 Å². The zero-order chi connectivity index (χ0) is 19.7. The van der Waals surface area contributed by atoms with E-state index in [0.717, 1.165) is 6.07 Å². The highest BCUT2D eigenvalue weighted by atomic mass is 32.2. The van der Waals surface area contributed by atoms with Crippen molar-refractivity contribution in [3.63, 3.8) is 0 Å². The van der Waals surface area contributed by atoms with Crippen molar-refractivity contribution in [2.75, 3.05) is 44.2 Å². The van der Waals surface area contributed by atoms with E-state index < -0.39 is 25.7 Å². The number of halogens is 1. The second kappa shape index (κ2) is 7.82. The molecule has 3 rings (SSSR count). The molecule has 2 fully saturated rings. The van der Waals surface area contributed by atoms with E-state index >= 15 is 0 Å². The van der Waals surface area contributed by atoms with Gasteiger partial charge in [0.1, 0.15) is 5.82 Å². The minimum absolute atomic E-state index is 0.0294. The zero-order valence-corrected chi connectivity index (χ0v) is 16.3. The van der Waals surface area contributed by atoms with E-state index in [1.54, 1.807) is 0 Å². The van der Waals surface area contributed by atoms with Gasteiger partial charge in [-0.3, -0.25) is 9.69 Å². The van der Waals surface area contributed by atoms with Gasteiger partial charge in [0.2, 0.25) is 15.9 Å². The van der Waals surface area contributed by atoms with Crippen LogP contribution >= 0.6 is 0 Å². The van der Waals surface area contributed by atoms with E-state index in [0.29, 0.717) is 19.5 Å². The van der Waals surface area contributed by atoms with E-state index in [1.165, 1.54) is 22.5 Å². The lowest BCUT2D eigenvalue weighted by molar-refractivity contribution is -0.123. The summed E-state index contributed by atoms with van der Waals surface area (Å²) < 4.78 is 62.6. The van der Waals surface area contributed by atoms with Gasteiger partial charge in [-0.05, 0) is 24.6 Å². The number of piperazine rings is 1. The van der Waals surface area contributed by atoms with Crippen molar-refractivity contribution in [2.24, 2.45) is 0 Å². The van der Waals surface area contributed by atoms with Crippen LogP contribution in [0.4, 0.5) is 4.39 Å². The van der Waals surface area contributed by atoms with Crippen LogP contribution in [-0.4, -0.2) is 82.2 Å². The number of sulfone groups is 1. The first-order chi connectivity index (χ1) is 12.7. The maximum atomic E-state index is 13.3. The predicted molar refractivity (Wildman–Crippen MR) is 96.8 cm³/mol. The van der Waals surface area contributed by atoms with Gasteiger partial charge in [-0.2, -0.15) is 4.31 Å². The Morgan fingerprint density at radius 1 is 1.22 bits per heavy atom. The summed E-state index contributed by atoms with van der Waals surface area (Å²) in [4.78, 5) is 13.8. The minimum atomic E-state index is -3.77. The van der Waals surface area contributed by atoms with Gasteiger partial charge in [-0.15, -0.1) is 0 Å². The standard InChI is InChI=1S/C16H22FN3O5S2/c17-13-2-1-3-15(10-13)27(24,25)20-7-5-19(6-8-20)11-16(21)18-14-4-9-26(22,23)12-14/h1-3,10,14H,4-9,11-12H2,(H,18,21)/t14-/m1/s1. The van der Waals surface area contributed by atoms with Crippen LogP contribution < -0.4 is 5.32 Å². The van der Waals surface area contributed by atoms with Gasteiger partial charge in [0.15, 0.2) is 9.84 Å². The lowest BCUT2D eigenvalue weighted by Crippen LogP contribution is -2.51. The molecule has 0 unspecified atom stereocenters. The molecule has 2 heterocycles. The largest absolute Gasteiger partial charge is 0.351 e. The Bertz CT molecular complexity index is 912. The fourth-order valence-electron chi connectivity index (χ4n) is 3.29. The number of hydrogen-bond acceptors (Lipinski definition) is 6. The highest BCUT2D eigenvalue weighted by Gasteiger charge is 2.31. The quantitative estimate of drug-likeness (QED) is 0.686. The van der Waals surface area contributed by atoms with Crippen LogP contribution in [0, 0.1) is 5.82 Å². The summed E-state index contributed by atoms with van der Waals surface area (Å²) in [6, 6.07) is 4.53. The van der Waals surface area contributed by atoms with Crippen molar-refractivity contribution in [1.29, 1.82) is 0 Å². The van der Waals surface area contributed by atoms with Crippen LogP contribution in [0.15, 0.2) is 29.2 Å². The van der Waals surface area contributed by atoms with Crippen molar-refractivity contribution in [3.8, 4) is 0 Å².